The predicted molar refractivity (Wildman–Crippen MR) is 88.6 cm³/mol. The second-order valence-electron chi connectivity index (χ2n) is 5.12. The summed E-state index contributed by atoms with van der Waals surface area (Å²) in [6, 6.07) is 10.4. The summed E-state index contributed by atoms with van der Waals surface area (Å²) < 4.78 is 38.6. The zero-order valence-electron chi connectivity index (χ0n) is 14.1. The highest BCUT2D eigenvalue weighted by Gasteiger charge is 2.13. The fraction of sp³-hybridized carbons (Fsp3) is 0.222. The number of carbonyl (C=O) groups excluding carboxylic acids is 2. The largest absolute Gasteiger partial charge is 0.493 e. The van der Waals surface area contributed by atoms with Gasteiger partial charge in [0.15, 0.2) is 11.5 Å². The van der Waals surface area contributed by atoms with Crippen LogP contribution in [0.1, 0.15) is 26.3 Å². The SMILES string of the molecule is COC(=O)c1cccc(C(=O)NCc2ccc(OC(F)F)c(OC)c2)c1. The van der Waals surface area contributed by atoms with Crippen molar-refractivity contribution in [2.45, 2.75) is 13.2 Å². The lowest BCUT2D eigenvalue weighted by molar-refractivity contribution is -0.0512. The summed E-state index contributed by atoms with van der Waals surface area (Å²) in [5.74, 6) is -0.908. The number of rotatable bonds is 7. The third kappa shape index (κ3) is 4.92. The van der Waals surface area contributed by atoms with Crippen LogP contribution in [0.4, 0.5) is 8.78 Å². The molecule has 2 aromatic carbocycles. The molecule has 0 spiro atoms. The maximum atomic E-state index is 12.3. The zero-order chi connectivity index (χ0) is 19.1. The quantitative estimate of drug-likeness (QED) is 0.764. The van der Waals surface area contributed by atoms with Gasteiger partial charge in [0.05, 0.1) is 19.8 Å². The van der Waals surface area contributed by atoms with E-state index in [-0.39, 0.29) is 29.2 Å². The number of hydrogen-bond donors (Lipinski definition) is 1. The van der Waals surface area contributed by atoms with Crippen LogP contribution in [0.5, 0.6) is 11.5 Å². The minimum atomic E-state index is -2.96. The Labute approximate surface area is 148 Å². The molecule has 2 rings (SSSR count). The minimum absolute atomic E-state index is 0.0941. The van der Waals surface area contributed by atoms with Gasteiger partial charge in [0.2, 0.25) is 0 Å². The summed E-state index contributed by atoms with van der Waals surface area (Å²) in [7, 11) is 2.58. The van der Waals surface area contributed by atoms with Gasteiger partial charge in [-0.25, -0.2) is 4.79 Å². The molecular weight excluding hydrogens is 348 g/mol. The number of alkyl halides is 2. The highest BCUT2D eigenvalue weighted by atomic mass is 19.3. The van der Waals surface area contributed by atoms with Crippen molar-refractivity contribution in [1.82, 2.24) is 5.32 Å². The normalized spacial score (nSPS) is 10.3. The van der Waals surface area contributed by atoms with E-state index in [9.17, 15) is 18.4 Å². The Bertz CT molecular complexity index is 795. The summed E-state index contributed by atoms with van der Waals surface area (Å²) in [6.07, 6.45) is 0. The van der Waals surface area contributed by atoms with Crippen molar-refractivity contribution >= 4 is 11.9 Å². The summed E-state index contributed by atoms with van der Waals surface area (Å²) in [6.45, 7) is -2.83. The Morgan fingerprint density at radius 3 is 2.42 bits per heavy atom. The number of nitrogens with one attached hydrogen (secondary N) is 1. The molecule has 0 heterocycles. The molecule has 26 heavy (non-hydrogen) atoms. The van der Waals surface area contributed by atoms with Crippen molar-refractivity contribution in [3.05, 3.63) is 59.2 Å². The van der Waals surface area contributed by atoms with Crippen LogP contribution in [0, 0.1) is 0 Å². The van der Waals surface area contributed by atoms with Crippen LogP contribution in [0.15, 0.2) is 42.5 Å². The number of halogens is 2. The summed E-state index contributed by atoms with van der Waals surface area (Å²) in [5, 5.41) is 2.68. The molecule has 0 aliphatic heterocycles. The molecule has 6 nitrogen and oxygen atoms in total. The van der Waals surface area contributed by atoms with E-state index in [0.29, 0.717) is 5.56 Å². The number of amides is 1. The molecule has 0 saturated heterocycles. The first-order valence-electron chi connectivity index (χ1n) is 7.53. The van der Waals surface area contributed by atoms with Crippen LogP contribution >= 0.6 is 0 Å². The van der Waals surface area contributed by atoms with E-state index in [2.05, 4.69) is 14.8 Å². The van der Waals surface area contributed by atoms with Gasteiger partial charge in [0.1, 0.15) is 0 Å². The molecule has 0 fully saturated rings. The predicted octanol–water partition coefficient (Wildman–Crippen LogP) is 3.01. The fourth-order valence-corrected chi connectivity index (χ4v) is 2.20. The molecule has 0 saturated carbocycles. The number of ether oxygens (including phenoxy) is 3. The van der Waals surface area contributed by atoms with Gasteiger partial charge < -0.3 is 19.5 Å². The smallest absolute Gasteiger partial charge is 0.387 e. The lowest BCUT2D eigenvalue weighted by Gasteiger charge is -2.12. The molecule has 0 unspecified atom stereocenters. The molecule has 8 heteroatoms. The Kier molecular flexibility index (Phi) is 6.48. The maximum Gasteiger partial charge on any atom is 0.387 e. The van der Waals surface area contributed by atoms with Crippen LogP contribution in [0.25, 0.3) is 0 Å². The van der Waals surface area contributed by atoms with Gasteiger partial charge in [0, 0.05) is 12.1 Å². The van der Waals surface area contributed by atoms with Crippen molar-refractivity contribution in [1.29, 1.82) is 0 Å². The van der Waals surface area contributed by atoms with Crippen molar-refractivity contribution in [2.75, 3.05) is 14.2 Å². The standard InChI is InChI=1S/C18H17F2NO5/c1-24-15-8-11(6-7-14(15)26-18(19)20)10-21-16(22)12-4-3-5-13(9-12)17(23)25-2/h3-9,18H,10H2,1-2H3,(H,21,22). The van der Waals surface area contributed by atoms with Crippen molar-refractivity contribution in [2.24, 2.45) is 0 Å². The molecule has 2 aromatic rings. The number of carbonyl (C=O) groups is 2. The lowest BCUT2D eigenvalue weighted by Crippen LogP contribution is -2.23. The third-order valence-corrected chi connectivity index (χ3v) is 3.44. The number of methoxy groups -OCH3 is 2. The lowest BCUT2D eigenvalue weighted by atomic mass is 10.1. The molecule has 0 aliphatic rings. The Morgan fingerprint density at radius 1 is 1.04 bits per heavy atom. The van der Waals surface area contributed by atoms with Crippen LogP contribution in [-0.2, 0) is 11.3 Å². The van der Waals surface area contributed by atoms with Crippen molar-refractivity contribution in [3.63, 3.8) is 0 Å². The summed E-state index contributed by atoms with van der Waals surface area (Å²) in [5.41, 5.74) is 1.17. The highest BCUT2D eigenvalue weighted by Crippen LogP contribution is 2.29. The van der Waals surface area contributed by atoms with Gasteiger partial charge in [-0.05, 0) is 35.9 Å². The molecule has 0 atom stereocenters. The van der Waals surface area contributed by atoms with E-state index >= 15 is 0 Å². The molecule has 138 valence electrons. The Morgan fingerprint density at radius 2 is 1.77 bits per heavy atom. The molecule has 0 bridgehead atoms. The van der Waals surface area contributed by atoms with Crippen LogP contribution in [0.3, 0.4) is 0 Å². The minimum Gasteiger partial charge on any atom is -0.493 e. The highest BCUT2D eigenvalue weighted by molar-refractivity contribution is 5.97. The van der Waals surface area contributed by atoms with E-state index in [1.165, 1.54) is 44.6 Å². The van der Waals surface area contributed by atoms with Crippen LogP contribution < -0.4 is 14.8 Å². The van der Waals surface area contributed by atoms with E-state index in [4.69, 9.17) is 4.74 Å². The van der Waals surface area contributed by atoms with Crippen LogP contribution in [0.2, 0.25) is 0 Å². The first-order valence-corrected chi connectivity index (χ1v) is 7.53. The zero-order valence-corrected chi connectivity index (χ0v) is 14.1. The van der Waals surface area contributed by atoms with E-state index in [1.807, 2.05) is 0 Å². The molecule has 1 amide bonds. The molecule has 0 aliphatic carbocycles. The van der Waals surface area contributed by atoms with Gasteiger partial charge in [-0.3, -0.25) is 4.79 Å². The van der Waals surface area contributed by atoms with Crippen molar-refractivity contribution in [3.8, 4) is 11.5 Å². The number of esters is 1. The average molecular weight is 365 g/mol. The number of hydrogen-bond acceptors (Lipinski definition) is 5. The molecule has 0 aromatic heterocycles. The number of benzene rings is 2. The second kappa shape index (κ2) is 8.80. The Balaban J connectivity index is 2.06. The average Bonchev–Trinajstić information content (AvgIpc) is 2.65. The molecule has 0 radical (unpaired) electrons. The van der Waals surface area contributed by atoms with Gasteiger partial charge in [-0.2, -0.15) is 8.78 Å². The maximum absolute atomic E-state index is 12.3. The first-order chi connectivity index (χ1) is 12.4. The van der Waals surface area contributed by atoms with E-state index in [0.717, 1.165) is 0 Å². The topological polar surface area (TPSA) is 73.9 Å². The summed E-state index contributed by atoms with van der Waals surface area (Å²) in [4.78, 5) is 23.7. The Hall–Kier alpha value is -3.16. The van der Waals surface area contributed by atoms with Gasteiger partial charge >= 0.3 is 12.6 Å². The summed E-state index contributed by atoms with van der Waals surface area (Å²) >= 11 is 0. The molecule has 1 N–H and O–H groups in total. The van der Waals surface area contributed by atoms with Gasteiger partial charge in [-0.15, -0.1) is 0 Å². The van der Waals surface area contributed by atoms with E-state index in [1.54, 1.807) is 12.1 Å². The van der Waals surface area contributed by atoms with Gasteiger partial charge in [-0.1, -0.05) is 12.1 Å². The van der Waals surface area contributed by atoms with Crippen molar-refractivity contribution < 1.29 is 32.6 Å². The van der Waals surface area contributed by atoms with Gasteiger partial charge in [0.25, 0.3) is 5.91 Å². The first kappa shape index (κ1) is 19.2. The monoisotopic (exact) mass is 365 g/mol. The molecular formula is C18H17F2NO5. The van der Waals surface area contributed by atoms with Crippen LogP contribution in [-0.4, -0.2) is 32.7 Å². The second-order valence-corrected chi connectivity index (χ2v) is 5.12. The third-order valence-electron chi connectivity index (χ3n) is 3.44. The van der Waals surface area contributed by atoms with E-state index < -0.39 is 18.5 Å². The fourth-order valence-electron chi connectivity index (χ4n) is 2.20.